The summed E-state index contributed by atoms with van der Waals surface area (Å²) >= 11 is 0. The van der Waals surface area contributed by atoms with Crippen LogP contribution in [0.3, 0.4) is 0 Å². The van der Waals surface area contributed by atoms with Crippen molar-refractivity contribution in [3.63, 3.8) is 0 Å². The normalized spacial score (nSPS) is 22.9. The zero-order valence-corrected chi connectivity index (χ0v) is 18.0. The number of ketones is 1. The van der Waals surface area contributed by atoms with Crippen LogP contribution in [0, 0.1) is 0 Å². The minimum Gasteiger partial charge on any atom is -0.358 e. The van der Waals surface area contributed by atoms with E-state index in [1.165, 1.54) is 21.9 Å². The molecule has 0 spiro atoms. The van der Waals surface area contributed by atoms with Gasteiger partial charge >= 0.3 is 0 Å². The second-order valence-corrected chi connectivity index (χ2v) is 8.45. The standard InChI is InChI=1S/C27H28N2O2/c1-2-13-31-26-17-24(28-27(29-26)23-9-5-6-10-25(23)30)21-12-11-20-14-18-7-3-4-8-19(18)15-22(20)16-21/h4,6,8,10-12,14-16,26,29H,2-3,5,7,9,13,17H2,1H3. The van der Waals surface area contributed by atoms with Gasteiger partial charge in [-0.15, -0.1) is 0 Å². The molecule has 2 aromatic carbocycles. The first-order valence-electron chi connectivity index (χ1n) is 11.3. The lowest BCUT2D eigenvalue weighted by atomic mass is 9.92. The number of aryl methyl sites for hydroxylation is 1. The molecule has 0 aromatic heterocycles. The van der Waals surface area contributed by atoms with Gasteiger partial charge in [0.15, 0.2) is 5.78 Å². The Labute approximate surface area is 183 Å². The molecule has 0 saturated carbocycles. The number of aliphatic imine (C=N–C) groups is 1. The fourth-order valence-electron chi connectivity index (χ4n) is 4.53. The average molecular weight is 413 g/mol. The van der Waals surface area contributed by atoms with Gasteiger partial charge in [-0.05, 0) is 77.8 Å². The molecule has 0 bridgehead atoms. The molecule has 1 atom stereocenters. The number of hydrogen-bond acceptors (Lipinski definition) is 4. The molecule has 1 N–H and O–H groups in total. The number of hydrogen-bond donors (Lipinski definition) is 1. The van der Waals surface area contributed by atoms with Crippen molar-refractivity contribution >= 4 is 28.3 Å². The van der Waals surface area contributed by atoms with E-state index in [4.69, 9.17) is 9.73 Å². The lowest BCUT2D eigenvalue weighted by Gasteiger charge is -2.28. The smallest absolute Gasteiger partial charge is 0.185 e. The molecule has 2 aromatic rings. The Bertz CT molecular complexity index is 1150. The summed E-state index contributed by atoms with van der Waals surface area (Å²) < 4.78 is 6.04. The number of carbonyl (C=O) groups is 1. The zero-order chi connectivity index (χ0) is 21.2. The Kier molecular flexibility index (Phi) is 5.56. The van der Waals surface area contributed by atoms with Gasteiger partial charge in [0.25, 0.3) is 0 Å². The largest absolute Gasteiger partial charge is 0.358 e. The van der Waals surface area contributed by atoms with E-state index in [1.54, 1.807) is 6.08 Å². The van der Waals surface area contributed by atoms with Crippen LogP contribution in [0.15, 0.2) is 64.9 Å². The highest BCUT2D eigenvalue weighted by Crippen LogP contribution is 2.28. The molecule has 5 rings (SSSR count). The van der Waals surface area contributed by atoms with Crippen LogP contribution in [0.2, 0.25) is 0 Å². The molecule has 0 saturated heterocycles. The van der Waals surface area contributed by atoms with Crippen LogP contribution in [0.25, 0.3) is 16.8 Å². The van der Waals surface area contributed by atoms with E-state index < -0.39 is 0 Å². The Balaban J connectivity index is 1.55. The molecule has 31 heavy (non-hydrogen) atoms. The van der Waals surface area contributed by atoms with Crippen molar-refractivity contribution in [2.24, 2.45) is 4.99 Å². The van der Waals surface area contributed by atoms with Crippen LogP contribution in [-0.4, -0.2) is 24.3 Å². The van der Waals surface area contributed by atoms with Crippen LogP contribution >= 0.6 is 0 Å². The molecule has 1 unspecified atom stereocenters. The lowest BCUT2D eigenvalue weighted by Crippen LogP contribution is -2.38. The van der Waals surface area contributed by atoms with Crippen molar-refractivity contribution < 1.29 is 9.53 Å². The van der Waals surface area contributed by atoms with E-state index in [0.29, 0.717) is 25.3 Å². The molecule has 158 valence electrons. The first-order chi connectivity index (χ1) is 15.2. The number of nitrogens with zero attached hydrogens (tertiary/aromatic N) is 1. The number of carbonyl (C=O) groups excluding carboxylic acids is 1. The van der Waals surface area contributed by atoms with Crippen molar-refractivity contribution in [1.82, 2.24) is 5.32 Å². The van der Waals surface area contributed by atoms with Gasteiger partial charge in [0.1, 0.15) is 12.0 Å². The summed E-state index contributed by atoms with van der Waals surface area (Å²) in [5.74, 6) is 0.718. The summed E-state index contributed by atoms with van der Waals surface area (Å²) in [5.41, 5.74) is 5.56. The first kappa shape index (κ1) is 20.0. The predicted octanol–water partition coefficient (Wildman–Crippen LogP) is 5.47. The van der Waals surface area contributed by atoms with Gasteiger partial charge in [-0.2, -0.15) is 0 Å². The summed E-state index contributed by atoms with van der Waals surface area (Å²) in [6, 6.07) is 11.2. The summed E-state index contributed by atoms with van der Waals surface area (Å²) in [6.45, 7) is 2.78. The van der Waals surface area contributed by atoms with Gasteiger partial charge in [-0.3, -0.25) is 4.79 Å². The van der Waals surface area contributed by atoms with Gasteiger partial charge in [0.05, 0.1) is 5.71 Å². The maximum atomic E-state index is 12.5. The van der Waals surface area contributed by atoms with Gasteiger partial charge in [-0.1, -0.05) is 43.4 Å². The minimum atomic E-state index is -0.171. The summed E-state index contributed by atoms with van der Waals surface area (Å²) in [7, 11) is 0. The molecule has 4 heteroatoms. The van der Waals surface area contributed by atoms with Crippen LogP contribution in [-0.2, 0) is 16.0 Å². The molecule has 1 heterocycles. The third kappa shape index (κ3) is 4.13. The van der Waals surface area contributed by atoms with Gasteiger partial charge in [-0.25, -0.2) is 4.99 Å². The number of fused-ring (bicyclic) bond motifs is 2. The van der Waals surface area contributed by atoms with Crippen LogP contribution < -0.4 is 5.32 Å². The molecule has 0 fully saturated rings. The third-order valence-corrected chi connectivity index (χ3v) is 6.17. The Hall–Kier alpha value is -2.98. The van der Waals surface area contributed by atoms with E-state index >= 15 is 0 Å². The fourth-order valence-corrected chi connectivity index (χ4v) is 4.53. The van der Waals surface area contributed by atoms with Crippen molar-refractivity contribution in [3.8, 4) is 0 Å². The highest BCUT2D eigenvalue weighted by molar-refractivity contribution is 6.08. The minimum absolute atomic E-state index is 0.0462. The average Bonchev–Trinajstić information content (AvgIpc) is 2.81. The predicted molar refractivity (Wildman–Crippen MR) is 126 cm³/mol. The molecule has 4 nitrogen and oxygen atoms in total. The van der Waals surface area contributed by atoms with Crippen molar-refractivity contribution in [2.75, 3.05) is 6.61 Å². The highest BCUT2D eigenvalue weighted by Gasteiger charge is 2.25. The number of nitrogens with one attached hydrogen (secondary N) is 1. The molecule has 1 aliphatic heterocycles. The van der Waals surface area contributed by atoms with E-state index in [-0.39, 0.29) is 12.0 Å². The Morgan fingerprint density at radius 3 is 2.81 bits per heavy atom. The highest BCUT2D eigenvalue weighted by atomic mass is 16.5. The lowest BCUT2D eigenvalue weighted by molar-refractivity contribution is -0.111. The second-order valence-electron chi connectivity index (χ2n) is 8.45. The zero-order valence-electron chi connectivity index (χ0n) is 18.0. The van der Waals surface area contributed by atoms with E-state index in [2.05, 4.69) is 54.7 Å². The number of rotatable bonds is 4. The topological polar surface area (TPSA) is 50.7 Å². The summed E-state index contributed by atoms with van der Waals surface area (Å²) in [6.07, 6.45) is 13.3. The quantitative estimate of drug-likeness (QED) is 0.678. The summed E-state index contributed by atoms with van der Waals surface area (Å²) in [4.78, 5) is 17.4. The monoisotopic (exact) mass is 412 g/mol. The van der Waals surface area contributed by atoms with E-state index in [1.807, 2.05) is 6.08 Å². The van der Waals surface area contributed by atoms with E-state index in [0.717, 1.165) is 42.5 Å². The molecule has 0 radical (unpaired) electrons. The number of allylic oxidation sites excluding steroid dienone is 4. The van der Waals surface area contributed by atoms with Crippen LogP contribution in [0.5, 0.6) is 0 Å². The number of ether oxygens (including phenoxy) is 1. The molecule has 2 aliphatic carbocycles. The number of benzene rings is 2. The van der Waals surface area contributed by atoms with Crippen molar-refractivity contribution in [3.05, 3.63) is 76.6 Å². The second kappa shape index (κ2) is 8.64. The molecular weight excluding hydrogens is 384 g/mol. The van der Waals surface area contributed by atoms with Crippen molar-refractivity contribution in [2.45, 2.75) is 51.7 Å². The van der Waals surface area contributed by atoms with Gasteiger partial charge < -0.3 is 10.1 Å². The Morgan fingerprint density at radius 1 is 1.06 bits per heavy atom. The van der Waals surface area contributed by atoms with Crippen LogP contribution in [0.1, 0.15) is 55.7 Å². The maximum absolute atomic E-state index is 12.5. The van der Waals surface area contributed by atoms with Crippen LogP contribution in [0.4, 0.5) is 0 Å². The van der Waals surface area contributed by atoms with E-state index in [9.17, 15) is 4.79 Å². The van der Waals surface area contributed by atoms with Gasteiger partial charge in [0.2, 0.25) is 0 Å². The Morgan fingerprint density at radius 2 is 1.94 bits per heavy atom. The first-order valence-corrected chi connectivity index (χ1v) is 11.3. The van der Waals surface area contributed by atoms with Crippen molar-refractivity contribution in [1.29, 1.82) is 0 Å². The molecular formula is C27H28N2O2. The molecule has 0 amide bonds. The maximum Gasteiger partial charge on any atom is 0.185 e. The SMILES string of the molecule is CCCOC1CC(c2ccc3cc4c(cc3c2)C=CCC4)=NC(=C2CCC=CC2=O)N1. The fraction of sp³-hybridized carbons (Fsp3) is 0.333. The van der Waals surface area contributed by atoms with Gasteiger partial charge in [0, 0.05) is 18.6 Å². The summed E-state index contributed by atoms with van der Waals surface area (Å²) in [5, 5.41) is 5.86. The molecule has 3 aliphatic rings. The third-order valence-electron chi connectivity index (χ3n) is 6.17.